The molecule has 0 N–H and O–H groups in total. The molecule has 0 bridgehead atoms. The van der Waals surface area contributed by atoms with Gasteiger partial charge >= 0.3 is 6.18 Å². The van der Waals surface area contributed by atoms with Gasteiger partial charge in [0.15, 0.2) is 0 Å². The molecule has 0 radical (unpaired) electrons. The van der Waals surface area contributed by atoms with Crippen molar-refractivity contribution in [2.75, 3.05) is 31.1 Å². The maximum Gasteiger partial charge on any atom is 0.417 e. The number of hydrogen-bond acceptors (Lipinski definition) is 3. The van der Waals surface area contributed by atoms with Crippen molar-refractivity contribution in [2.45, 2.75) is 6.18 Å². The van der Waals surface area contributed by atoms with E-state index in [9.17, 15) is 18.0 Å². The monoisotopic (exact) mass is 411 g/mol. The van der Waals surface area contributed by atoms with Crippen LogP contribution in [0.5, 0.6) is 0 Å². The first-order valence-electron chi connectivity index (χ1n) is 9.65. The zero-order valence-electron chi connectivity index (χ0n) is 16.1. The molecule has 4 rings (SSSR count). The second-order valence-electron chi connectivity index (χ2n) is 7.09. The van der Waals surface area contributed by atoms with Gasteiger partial charge < -0.3 is 9.80 Å². The third-order valence-corrected chi connectivity index (χ3v) is 5.20. The highest BCUT2D eigenvalue weighted by Gasteiger charge is 2.37. The van der Waals surface area contributed by atoms with Crippen LogP contribution in [-0.4, -0.2) is 42.0 Å². The molecule has 0 saturated carbocycles. The number of benzene rings is 2. The minimum Gasteiger partial charge on any atom is -0.353 e. The first-order chi connectivity index (χ1) is 14.4. The minimum absolute atomic E-state index is 0.312. The summed E-state index contributed by atoms with van der Waals surface area (Å²) in [7, 11) is 0. The van der Waals surface area contributed by atoms with Crippen molar-refractivity contribution in [3.05, 3.63) is 84.1 Å². The number of alkyl halides is 3. The van der Waals surface area contributed by atoms with Crippen molar-refractivity contribution in [1.82, 2.24) is 9.88 Å². The van der Waals surface area contributed by atoms with Gasteiger partial charge in [-0.25, -0.2) is 4.98 Å². The van der Waals surface area contributed by atoms with Gasteiger partial charge in [0.05, 0.1) is 11.1 Å². The molecule has 1 aromatic heterocycles. The first-order valence-corrected chi connectivity index (χ1v) is 9.65. The van der Waals surface area contributed by atoms with Gasteiger partial charge in [0.2, 0.25) is 0 Å². The lowest BCUT2D eigenvalue weighted by molar-refractivity contribution is -0.138. The molecule has 0 unspecified atom stereocenters. The largest absolute Gasteiger partial charge is 0.417 e. The van der Waals surface area contributed by atoms with Crippen molar-refractivity contribution in [2.24, 2.45) is 0 Å². The molecule has 30 heavy (non-hydrogen) atoms. The molecular formula is C23H20F3N3O. The molecule has 1 aliphatic heterocycles. The quantitative estimate of drug-likeness (QED) is 0.625. The van der Waals surface area contributed by atoms with Crippen LogP contribution in [0.3, 0.4) is 0 Å². The van der Waals surface area contributed by atoms with E-state index in [0.717, 1.165) is 11.9 Å². The van der Waals surface area contributed by atoms with E-state index in [1.807, 2.05) is 23.1 Å². The Morgan fingerprint density at radius 2 is 1.53 bits per heavy atom. The van der Waals surface area contributed by atoms with Crippen molar-refractivity contribution >= 4 is 11.7 Å². The van der Waals surface area contributed by atoms with Crippen molar-refractivity contribution in [3.63, 3.8) is 0 Å². The highest BCUT2D eigenvalue weighted by atomic mass is 19.4. The van der Waals surface area contributed by atoms with E-state index in [2.05, 4.69) is 4.98 Å². The summed E-state index contributed by atoms with van der Waals surface area (Å²) < 4.78 is 41.3. The number of halogens is 3. The van der Waals surface area contributed by atoms with Crippen LogP contribution in [0.4, 0.5) is 19.0 Å². The van der Waals surface area contributed by atoms with E-state index in [4.69, 9.17) is 0 Å². The normalized spacial score (nSPS) is 14.6. The predicted molar refractivity (Wildman–Crippen MR) is 109 cm³/mol. The maximum atomic E-state index is 13.8. The smallest absolute Gasteiger partial charge is 0.353 e. The Bertz CT molecular complexity index is 1010. The van der Waals surface area contributed by atoms with E-state index in [1.54, 1.807) is 42.6 Å². The fourth-order valence-corrected chi connectivity index (χ4v) is 3.63. The number of amides is 1. The van der Waals surface area contributed by atoms with Gasteiger partial charge in [-0.3, -0.25) is 4.79 Å². The molecule has 3 aromatic rings. The number of rotatable bonds is 3. The number of hydrogen-bond donors (Lipinski definition) is 0. The van der Waals surface area contributed by atoms with E-state index < -0.39 is 17.6 Å². The lowest BCUT2D eigenvalue weighted by Crippen LogP contribution is -2.49. The third-order valence-electron chi connectivity index (χ3n) is 5.20. The summed E-state index contributed by atoms with van der Waals surface area (Å²) in [5.41, 5.74) is -0.111. The van der Waals surface area contributed by atoms with Crippen LogP contribution >= 0.6 is 0 Å². The topological polar surface area (TPSA) is 36.4 Å². The van der Waals surface area contributed by atoms with Crippen molar-refractivity contribution in [1.29, 1.82) is 0 Å². The maximum absolute atomic E-state index is 13.8. The number of carbonyl (C=O) groups is 1. The average molecular weight is 411 g/mol. The zero-order valence-corrected chi connectivity index (χ0v) is 16.1. The van der Waals surface area contributed by atoms with E-state index in [0.29, 0.717) is 37.3 Å². The molecule has 2 aromatic carbocycles. The van der Waals surface area contributed by atoms with Crippen LogP contribution in [0.15, 0.2) is 72.9 Å². The summed E-state index contributed by atoms with van der Waals surface area (Å²) in [6.45, 7) is 1.72. The standard InChI is InChI=1S/C23H20F3N3O/c24-23(25,26)20-16-18(17-6-2-1-3-7-17)9-10-19(20)22(30)29-14-12-28(13-15-29)21-8-4-5-11-27-21/h1-11,16H,12-15H2. The zero-order chi connectivity index (χ0) is 21.1. The Hall–Kier alpha value is -3.35. The van der Waals surface area contributed by atoms with Gasteiger partial charge in [-0.05, 0) is 35.4 Å². The minimum atomic E-state index is -4.62. The van der Waals surface area contributed by atoms with Crippen LogP contribution in [-0.2, 0) is 6.18 Å². The second kappa shape index (κ2) is 8.18. The van der Waals surface area contributed by atoms with Gasteiger partial charge in [0.1, 0.15) is 5.82 Å². The number of carbonyl (C=O) groups excluding carboxylic acids is 1. The van der Waals surface area contributed by atoms with Crippen LogP contribution < -0.4 is 4.90 Å². The average Bonchev–Trinajstić information content (AvgIpc) is 2.79. The predicted octanol–water partition coefficient (Wildman–Crippen LogP) is 4.73. The fraction of sp³-hybridized carbons (Fsp3) is 0.217. The molecule has 1 aliphatic rings. The highest BCUT2D eigenvalue weighted by molar-refractivity contribution is 5.96. The van der Waals surface area contributed by atoms with E-state index in [-0.39, 0.29) is 5.56 Å². The summed E-state index contributed by atoms with van der Waals surface area (Å²) in [6, 6.07) is 18.3. The summed E-state index contributed by atoms with van der Waals surface area (Å²) >= 11 is 0. The number of anilines is 1. The summed E-state index contributed by atoms with van der Waals surface area (Å²) in [6.07, 6.45) is -2.93. The van der Waals surface area contributed by atoms with Crippen molar-refractivity contribution in [3.8, 4) is 11.1 Å². The van der Waals surface area contributed by atoms with Crippen molar-refractivity contribution < 1.29 is 18.0 Å². The molecule has 2 heterocycles. The Labute approximate surface area is 172 Å². The number of nitrogens with zero attached hydrogens (tertiary/aromatic N) is 3. The van der Waals surface area contributed by atoms with Crippen LogP contribution in [0.1, 0.15) is 15.9 Å². The lowest BCUT2D eigenvalue weighted by atomic mass is 9.98. The summed E-state index contributed by atoms with van der Waals surface area (Å²) in [4.78, 5) is 20.7. The SMILES string of the molecule is O=C(c1ccc(-c2ccccc2)cc1C(F)(F)F)N1CCN(c2ccccn2)CC1. The van der Waals surface area contributed by atoms with Gasteiger partial charge in [-0.15, -0.1) is 0 Å². The summed E-state index contributed by atoms with van der Waals surface area (Å²) in [5.74, 6) is 0.204. The van der Waals surface area contributed by atoms with Crippen LogP contribution in [0.2, 0.25) is 0 Å². The number of pyridine rings is 1. The Balaban J connectivity index is 1.57. The van der Waals surface area contributed by atoms with Gasteiger partial charge in [-0.1, -0.05) is 42.5 Å². The molecule has 1 amide bonds. The molecule has 1 fully saturated rings. The Morgan fingerprint density at radius 1 is 0.833 bits per heavy atom. The molecular weight excluding hydrogens is 391 g/mol. The summed E-state index contributed by atoms with van der Waals surface area (Å²) in [5, 5.41) is 0. The third kappa shape index (κ3) is 4.15. The van der Waals surface area contributed by atoms with Crippen LogP contribution in [0, 0.1) is 0 Å². The Morgan fingerprint density at radius 3 is 2.17 bits per heavy atom. The van der Waals surface area contributed by atoms with Gasteiger partial charge in [-0.2, -0.15) is 13.2 Å². The lowest BCUT2D eigenvalue weighted by Gasteiger charge is -2.35. The fourth-order valence-electron chi connectivity index (χ4n) is 3.63. The molecule has 0 spiro atoms. The van der Waals surface area contributed by atoms with E-state index in [1.165, 1.54) is 11.0 Å². The molecule has 0 aliphatic carbocycles. The number of piperazine rings is 1. The first kappa shape index (κ1) is 19.9. The number of aromatic nitrogens is 1. The van der Waals surface area contributed by atoms with E-state index >= 15 is 0 Å². The second-order valence-corrected chi connectivity index (χ2v) is 7.09. The van der Waals surface area contributed by atoms with Gasteiger partial charge in [0.25, 0.3) is 5.91 Å². The Kier molecular flexibility index (Phi) is 5.44. The molecule has 0 atom stereocenters. The molecule has 4 nitrogen and oxygen atoms in total. The molecule has 7 heteroatoms. The van der Waals surface area contributed by atoms with Gasteiger partial charge in [0, 0.05) is 32.4 Å². The van der Waals surface area contributed by atoms with Crippen LogP contribution in [0.25, 0.3) is 11.1 Å². The highest BCUT2D eigenvalue weighted by Crippen LogP contribution is 2.35. The molecule has 154 valence electrons. The molecule has 1 saturated heterocycles.